The van der Waals surface area contributed by atoms with E-state index in [0.29, 0.717) is 31.2 Å². The highest BCUT2D eigenvalue weighted by Crippen LogP contribution is 2.34. The Hall–Kier alpha value is -3.49. The van der Waals surface area contributed by atoms with Gasteiger partial charge in [0.1, 0.15) is 11.6 Å². The van der Waals surface area contributed by atoms with Crippen LogP contribution in [0, 0.1) is 17.6 Å². The maximum absolute atomic E-state index is 13.8. The number of aromatic nitrogens is 1. The Bertz CT molecular complexity index is 1400. The van der Waals surface area contributed by atoms with Crippen molar-refractivity contribution in [3.8, 4) is 11.3 Å². The lowest BCUT2D eigenvalue weighted by molar-refractivity contribution is -0.143. The third kappa shape index (κ3) is 10.9. The summed E-state index contributed by atoms with van der Waals surface area (Å²) in [5.41, 5.74) is -2.46. The Morgan fingerprint density at radius 1 is 0.841 bits per heavy atom. The van der Waals surface area contributed by atoms with Crippen LogP contribution in [0.1, 0.15) is 45.9 Å². The molecular formula is C28H26Cl2F8N2O4. The van der Waals surface area contributed by atoms with Crippen molar-refractivity contribution in [2.24, 2.45) is 5.92 Å². The van der Waals surface area contributed by atoms with Gasteiger partial charge in [-0.3, -0.25) is 9.78 Å². The van der Waals surface area contributed by atoms with Crippen molar-refractivity contribution in [2.75, 3.05) is 19.3 Å². The summed E-state index contributed by atoms with van der Waals surface area (Å²) >= 11 is 9.28. The van der Waals surface area contributed by atoms with Gasteiger partial charge in [0, 0.05) is 36.1 Å². The second kappa shape index (κ2) is 17.1. The third-order valence-corrected chi connectivity index (χ3v) is 6.04. The average Bonchev–Trinajstić information content (AvgIpc) is 2.98. The zero-order chi connectivity index (χ0) is 33.8. The number of pyridine rings is 1. The molecule has 4 rings (SSSR count). The third-order valence-electron chi connectivity index (χ3n) is 6.04. The van der Waals surface area contributed by atoms with Gasteiger partial charge in [-0.05, 0) is 61.9 Å². The van der Waals surface area contributed by atoms with Gasteiger partial charge in [0.15, 0.2) is 0 Å². The number of aliphatic carboxylic acids is 1. The molecule has 2 unspecified atom stereocenters. The summed E-state index contributed by atoms with van der Waals surface area (Å²) in [6.45, 7) is 0.391. The molecule has 3 N–H and O–H groups in total. The molecule has 1 aromatic heterocycles. The number of piperidine rings is 1. The van der Waals surface area contributed by atoms with Gasteiger partial charge in [0.25, 0.3) is 0 Å². The first-order valence-electron chi connectivity index (χ1n) is 12.2. The van der Waals surface area contributed by atoms with Crippen LogP contribution in [-0.4, -0.2) is 46.4 Å². The molecule has 1 aliphatic rings. The van der Waals surface area contributed by atoms with Gasteiger partial charge in [0.2, 0.25) is 0 Å². The smallest absolute Gasteiger partial charge is 0.416 e. The van der Waals surface area contributed by atoms with Gasteiger partial charge >= 0.3 is 24.3 Å². The molecule has 44 heavy (non-hydrogen) atoms. The van der Waals surface area contributed by atoms with Gasteiger partial charge in [-0.1, -0.05) is 6.07 Å². The molecule has 0 bridgehead atoms. The fraction of sp³-hybridized carbons (Fsp3) is 0.321. The standard InChI is InChI=1S/C13H13F4NO2.C13H7F4NO2.2CH3Cl/c2*14-10-6-8(13(15,16)17)1-2-9(10)11-5-7(12(19)20)3-4-18-11;2*1-2/h1-2,6-7,11,18H,3-5H2,(H,19,20);1-6H,(H,19,20);2*1H3. The number of nitrogens with zero attached hydrogens (tertiary/aromatic N) is 1. The van der Waals surface area contributed by atoms with E-state index in [1.807, 2.05) is 0 Å². The Labute approximate surface area is 256 Å². The van der Waals surface area contributed by atoms with Crippen LogP contribution in [-0.2, 0) is 17.1 Å². The molecule has 6 nitrogen and oxygen atoms in total. The number of alkyl halides is 8. The SMILES string of the molecule is CCl.CCl.O=C(O)C1CCNC(c2ccc(C(F)(F)F)cc2F)C1.O=C(O)c1ccnc(-c2ccc(C(F)(F)F)cc2F)c1. The second-order valence-electron chi connectivity index (χ2n) is 8.73. The van der Waals surface area contributed by atoms with E-state index in [1.54, 1.807) is 0 Å². The molecule has 1 fully saturated rings. The molecule has 0 aliphatic carbocycles. The molecule has 2 heterocycles. The van der Waals surface area contributed by atoms with Crippen LogP contribution in [0.2, 0.25) is 0 Å². The van der Waals surface area contributed by atoms with Crippen LogP contribution in [0.3, 0.4) is 0 Å². The van der Waals surface area contributed by atoms with Crippen LogP contribution >= 0.6 is 23.2 Å². The van der Waals surface area contributed by atoms with E-state index in [4.69, 9.17) is 10.2 Å². The predicted octanol–water partition coefficient (Wildman–Crippen LogP) is 8.28. The summed E-state index contributed by atoms with van der Waals surface area (Å²) in [5, 5.41) is 20.7. The Morgan fingerprint density at radius 2 is 1.39 bits per heavy atom. The molecular weight excluding hydrogens is 651 g/mol. The average molecular weight is 677 g/mol. The van der Waals surface area contributed by atoms with E-state index in [9.17, 15) is 44.7 Å². The Kier molecular flexibility index (Phi) is 15.0. The summed E-state index contributed by atoms with van der Waals surface area (Å²) in [6.07, 6.45) is -4.56. The lowest BCUT2D eigenvalue weighted by Crippen LogP contribution is -2.35. The highest BCUT2D eigenvalue weighted by Gasteiger charge is 2.34. The van der Waals surface area contributed by atoms with E-state index in [1.165, 1.54) is 18.8 Å². The van der Waals surface area contributed by atoms with Gasteiger partial charge in [-0.25, -0.2) is 13.6 Å². The van der Waals surface area contributed by atoms with Crippen molar-refractivity contribution >= 4 is 35.1 Å². The highest BCUT2D eigenvalue weighted by atomic mass is 35.5. The minimum atomic E-state index is -4.64. The molecule has 1 saturated heterocycles. The van der Waals surface area contributed by atoms with Crippen LogP contribution in [0.25, 0.3) is 11.3 Å². The summed E-state index contributed by atoms with van der Waals surface area (Å²) in [6, 6.07) is 6.03. The fourth-order valence-electron chi connectivity index (χ4n) is 3.97. The predicted molar refractivity (Wildman–Crippen MR) is 148 cm³/mol. The molecule has 16 heteroatoms. The number of aromatic carboxylic acids is 1. The number of carboxylic acids is 2. The van der Waals surface area contributed by atoms with E-state index in [-0.39, 0.29) is 28.8 Å². The van der Waals surface area contributed by atoms with Crippen molar-refractivity contribution in [1.82, 2.24) is 10.3 Å². The second-order valence-corrected chi connectivity index (χ2v) is 8.73. The van der Waals surface area contributed by atoms with Crippen molar-refractivity contribution in [3.05, 3.63) is 88.6 Å². The number of halogens is 10. The van der Waals surface area contributed by atoms with Gasteiger partial charge in [-0.2, -0.15) is 26.3 Å². The van der Waals surface area contributed by atoms with Crippen molar-refractivity contribution in [3.63, 3.8) is 0 Å². The highest BCUT2D eigenvalue weighted by molar-refractivity contribution is 6.15. The number of hydrogen-bond acceptors (Lipinski definition) is 4. The van der Waals surface area contributed by atoms with E-state index < -0.39 is 59.0 Å². The monoisotopic (exact) mass is 676 g/mol. The molecule has 1 aliphatic heterocycles. The molecule has 3 aromatic rings. The van der Waals surface area contributed by atoms with Crippen LogP contribution < -0.4 is 5.32 Å². The summed E-state index contributed by atoms with van der Waals surface area (Å²) in [4.78, 5) is 25.5. The zero-order valence-electron chi connectivity index (χ0n) is 22.9. The molecule has 2 atom stereocenters. The molecule has 0 spiro atoms. The number of benzene rings is 2. The molecule has 242 valence electrons. The Balaban J connectivity index is 0.000000395. The van der Waals surface area contributed by atoms with Gasteiger partial charge < -0.3 is 15.5 Å². The molecule has 0 amide bonds. The normalized spacial score (nSPS) is 16.2. The number of carboxylic acid groups (broad SMARTS) is 2. The van der Waals surface area contributed by atoms with Gasteiger partial charge in [-0.15, -0.1) is 23.2 Å². The first-order chi connectivity index (χ1) is 20.6. The van der Waals surface area contributed by atoms with Crippen molar-refractivity contribution in [2.45, 2.75) is 31.2 Å². The maximum atomic E-state index is 13.8. The van der Waals surface area contributed by atoms with E-state index >= 15 is 0 Å². The minimum absolute atomic E-state index is 0.0453. The number of hydrogen-bond donors (Lipinski definition) is 3. The quantitative estimate of drug-likeness (QED) is 0.190. The summed E-state index contributed by atoms with van der Waals surface area (Å²) in [5.74, 6) is -4.90. The Morgan fingerprint density at radius 3 is 1.86 bits per heavy atom. The molecule has 2 aromatic carbocycles. The van der Waals surface area contributed by atoms with E-state index in [0.717, 1.165) is 30.5 Å². The summed E-state index contributed by atoms with van der Waals surface area (Å²) < 4.78 is 102. The fourth-order valence-corrected chi connectivity index (χ4v) is 3.97. The van der Waals surface area contributed by atoms with Crippen LogP contribution in [0.4, 0.5) is 35.1 Å². The zero-order valence-corrected chi connectivity index (χ0v) is 24.4. The van der Waals surface area contributed by atoms with Crippen LogP contribution in [0.15, 0.2) is 54.7 Å². The number of nitrogens with one attached hydrogen (secondary N) is 1. The lowest BCUT2D eigenvalue weighted by Gasteiger charge is -2.28. The van der Waals surface area contributed by atoms with Crippen LogP contribution in [0.5, 0.6) is 0 Å². The lowest BCUT2D eigenvalue weighted by atomic mass is 9.88. The summed E-state index contributed by atoms with van der Waals surface area (Å²) in [7, 11) is 0. The molecule has 0 saturated carbocycles. The largest absolute Gasteiger partial charge is 0.481 e. The first kappa shape index (κ1) is 38.5. The van der Waals surface area contributed by atoms with E-state index in [2.05, 4.69) is 33.5 Å². The van der Waals surface area contributed by atoms with Crippen molar-refractivity contribution in [1.29, 1.82) is 0 Å². The topological polar surface area (TPSA) is 99.5 Å². The molecule has 0 radical (unpaired) electrons. The minimum Gasteiger partial charge on any atom is -0.481 e. The number of carbonyl (C=O) groups is 2. The maximum Gasteiger partial charge on any atom is 0.416 e. The van der Waals surface area contributed by atoms with Gasteiger partial charge in [0.05, 0.1) is 28.3 Å². The first-order valence-corrected chi connectivity index (χ1v) is 13.7. The number of rotatable bonds is 4. The van der Waals surface area contributed by atoms with Crippen molar-refractivity contribution < 1.29 is 54.9 Å².